The molecule has 0 saturated carbocycles. The van der Waals surface area contributed by atoms with Crippen molar-refractivity contribution in [2.24, 2.45) is 5.92 Å². The summed E-state index contributed by atoms with van der Waals surface area (Å²) < 4.78 is 5.41. The molecule has 3 heteroatoms. The van der Waals surface area contributed by atoms with Gasteiger partial charge in [-0.15, -0.1) is 0 Å². The van der Waals surface area contributed by atoms with Crippen LogP contribution in [-0.2, 0) is 6.42 Å². The summed E-state index contributed by atoms with van der Waals surface area (Å²) in [5, 5.41) is 1.37. The molecule has 3 nitrogen and oxygen atoms in total. The number of aromatic nitrogens is 1. The Morgan fingerprint density at radius 3 is 3.05 bits per heavy atom. The summed E-state index contributed by atoms with van der Waals surface area (Å²) in [5.41, 5.74) is 4.28. The van der Waals surface area contributed by atoms with Crippen LogP contribution < -0.4 is 4.74 Å². The monoisotopic (exact) mass is 284 g/mol. The molecule has 1 saturated heterocycles. The van der Waals surface area contributed by atoms with E-state index in [9.17, 15) is 0 Å². The first kappa shape index (κ1) is 13.2. The lowest BCUT2D eigenvalue weighted by molar-refractivity contribution is 0.0788. The smallest absolute Gasteiger partial charge is 0.119 e. The second kappa shape index (κ2) is 5.06. The molecule has 2 aliphatic heterocycles. The van der Waals surface area contributed by atoms with E-state index in [4.69, 9.17) is 4.74 Å². The predicted octanol–water partition coefficient (Wildman–Crippen LogP) is 3.90. The number of nitrogens with zero attached hydrogens (tertiary/aromatic N) is 1. The number of piperidine rings is 1. The maximum atomic E-state index is 5.41. The Balaban J connectivity index is 1.85. The predicted molar refractivity (Wildman–Crippen MR) is 85.9 cm³/mol. The molecule has 2 aliphatic rings. The first-order chi connectivity index (χ1) is 10.3. The van der Waals surface area contributed by atoms with E-state index in [1.807, 2.05) is 0 Å². The van der Waals surface area contributed by atoms with Gasteiger partial charge in [0.1, 0.15) is 5.75 Å². The maximum Gasteiger partial charge on any atom is 0.119 e. The van der Waals surface area contributed by atoms with Crippen LogP contribution >= 0.6 is 0 Å². The average molecular weight is 284 g/mol. The fourth-order valence-electron chi connectivity index (χ4n) is 4.40. The summed E-state index contributed by atoms with van der Waals surface area (Å²) >= 11 is 0. The highest BCUT2D eigenvalue weighted by Crippen LogP contribution is 2.44. The molecular weight excluding hydrogens is 260 g/mol. The van der Waals surface area contributed by atoms with E-state index in [1.165, 1.54) is 54.5 Å². The highest BCUT2D eigenvalue weighted by Gasteiger charge is 2.37. The Labute approximate surface area is 126 Å². The van der Waals surface area contributed by atoms with Gasteiger partial charge in [-0.2, -0.15) is 0 Å². The van der Waals surface area contributed by atoms with Crippen molar-refractivity contribution in [3.63, 3.8) is 0 Å². The summed E-state index contributed by atoms with van der Waals surface area (Å²) in [5.74, 6) is 1.76. The van der Waals surface area contributed by atoms with Crippen molar-refractivity contribution >= 4 is 10.9 Å². The quantitative estimate of drug-likeness (QED) is 0.906. The number of methoxy groups -OCH3 is 1. The van der Waals surface area contributed by atoms with Crippen LogP contribution in [0.5, 0.6) is 5.75 Å². The number of nitrogens with one attached hydrogen (secondary N) is 1. The average Bonchev–Trinajstić information content (AvgIpc) is 2.91. The lowest BCUT2D eigenvalue weighted by Crippen LogP contribution is -2.43. The van der Waals surface area contributed by atoms with Gasteiger partial charge in [0.25, 0.3) is 0 Å². The third-order valence-electron chi connectivity index (χ3n) is 5.48. The van der Waals surface area contributed by atoms with Gasteiger partial charge in [0.2, 0.25) is 0 Å². The van der Waals surface area contributed by atoms with Gasteiger partial charge in [-0.05, 0) is 55.5 Å². The van der Waals surface area contributed by atoms with Gasteiger partial charge in [-0.1, -0.05) is 13.3 Å². The number of ether oxygens (including phenoxy) is 1. The molecule has 21 heavy (non-hydrogen) atoms. The van der Waals surface area contributed by atoms with Crippen LogP contribution in [0.3, 0.4) is 0 Å². The molecule has 0 aliphatic carbocycles. The lowest BCUT2D eigenvalue weighted by Gasteiger charge is -2.44. The number of aromatic amines is 1. The van der Waals surface area contributed by atoms with Crippen LogP contribution in [0.2, 0.25) is 0 Å². The highest BCUT2D eigenvalue weighted by molar-refractivity contribution is 5.86. The van der Waals surface area contributed by atoms with Crippen LogP contribution in [-0.4, -0.2) is 30.1 Å². The molecule has 2 unspecified atom stereocenters. The van der Waals surface area contributed by atoms with Crippen LogP contribution in [0.15, 0.2) is 18.2 Å². The Morgan fingerprint density at radius 2 is 2.24 bits per heavy atom. The maximum absolute atomic E-state index is 5.41. The number of hydrogen-bond donors (Lipinski definition) is 1. The van der Waals surface area contributed by atoms with E-state index < -0.39 is 0 Å². The van der Waals surface area contributed by atoms with E-state index >= 15 is 0 Å². The Morgan fingerprint density at radius 1 is 1.33 bits per heavy atom. The Hall–Kier alpha value is -1.48. The van der Waals surface area contributed by atoms with Gasteiger partial charge in [-0.3, -0.25) is 4.90 Å². The van der Waals surface area contributed by atoms with E-state index in [2.05, 4.69) is 35.0 Å². The van der Waals surface area contributed by atoms with Crippen molar-refractivity contribution in [1.82, 2.24) is 9.88 Å². The Bertz CT molecular complexity index is 661. The van der Waals surface area contributed by atoms with Gasteiger partial charge < -0.3 is 9.72 Å². The Kier molecular flexibility index (Phi) is 3.18. The van der Waals surface area contributed by atoms with Crippen molar-refractivity contribution in [1.29, 1.82) is 0 Å². The molecule has 1 fully saturated rings. The van der Waals surface area contributed by atoms with E-state index in [0.717, 1.165) is 18.1 Å². The van der Waals surface area contributed by atoms with Crippen LogP contribution in [0.1, 0.15) is 43.5 Å². The minimum Gasteiger partial charge on any atom is -0.497 e. The standard InChI is InChI=1S/C18H24N2O/c1-3-12-5-4-9-20-10-8-14-15-11-13(21-2)6-7-16(15)19-17(14)18(12)20/h6-7,11-12,18-19H,3-5,8-10H2,1-2H3. The number of benzene rings is 1. The van der Waals surface area contributed by atoms with Crippen LogP contribution in [0.4, 0.5) is 0 Å². The molecule has 4 rings (SSSR count). The number of fused-ring (bicyclic) bond motifs is 5. The summed E-state index contributed by atoms with van der Waals surface area (Å²) in [6.45, 7) is 4.81. The van der Waals surface area contributed by atoms with Crippen molar-refractivity contribution in [2.45, 2.75) is 38.6 Å². The molecule has 0 amide bonds. The molecule has 0 radical (unpaired) electrons. The lowest BCUT2D eigenvalue weighted by atomic mass is 9.81. The van der Waals surface area contributed by atoms with Crippen LogP contribution in [0, 0.1) is 5.92 Å². The highest BCUT2D eigenvalue weighted by atomic mass is 16.5. The van der Waals surface area contributed by atoms with Gasteiger partial charge in [0, 0.05) is 23.1 Å². The zero-order valence-electron chi connectivity index (χ0n) is 13.0. The van der Waals surface area contributed by atoms with E-state index in [0.29, 0.717) is 6.04 Å². The molecule has 3 heterocycles. The molecule has 1 aromatic heterocycles. The minimum absolute atomic E-state index is 0.603. The number of H-pyrrole nitrogens is 1. The van der Waals surface area contributed by atoms with Crippen molar-refractivity contribution in [3.8, 4) is 5.75 Å². The third-order valence-corrected chi connectivity index (χ3v) is 5.48. The van der Waals surface area contributed by atoms with Gasteiger partial charge in [0.05, 0.1) is 13.2 Å². The van der Waals surface area contributed by atoms with Crippen molar-refractivity contribution in [2.75, 3.05) is 20.2 Å². The normalized spacial score (nSPS) is 25.6. The molecule has 0 spiro atoms. The zero-order valence-corrected chi connectivity index (χ0v) is 13.0. The largest absolute Gasteiger partial charge is 0.497 e. The van der Waals surface area contributed by atoms with E-state index in [-0.39, 0.29) is 0 Å². The molecule has 2 atom stereocenters. The van der Waals surface area contributed by atoms with Gasteiger partial charge >= 0.3 is 0 Å². The first-order valence-electron chi connectivity index (χ1n) is 8.24. The zero-order chi connectivity index (χ0) is 14.4. The molecule has 2 aromatic rings. The first-order valence-corrected chi connectivity index (χ1v) is 8.24. The fraction of sp³-hybridized carbons (Fsp3) is 0.556. The summed E-state index contributed by atoms with van der Waals surface area (Å²) in [6.07, 6.45) is 5.17. The van der Waals surface area contributed by atoms with Gasteiger partial charge in [0.15, 0.2) is 0 Å². The third kappa shape index (κ3) is 1.98. The molecule has 112 valence electrons. The molecular formula is C18H24N2O. The SMILES string of the molecule is CCC1CCCN2CCc3c([nH]c4ccc(OC)cc34)C12. The number of rotatable bonds is 2. The summed E-state index contributed by atoms with van der Waals surface area (Å²) in [4.78, 5) is 6.43. The summed E-state index contributed by atoms with van der Waals surface area (Å²) in [6, 6.07) is 7.02. The van der Waals surface area contributed by atoms with Crippen molar-refractivity contribution in [3.05, 3.63) is 29.5 Å². The van der Waals surface area contributed by atoms with Crippen molar-refractivity contribution < 1.29 is 4.74 Å². The summed E-state index contributed by atoms with van der Waals surface area (Å²) in [7, 11) is 1.75. The number of hydrogen-bond acceptors (Lipinski definition) is 2. The minimum atomic E-state index is 0.603. The molecule has 1 N–H and O–H groups in total. The fourth-order valence-corrected chi connectivity index (χ4v) is 4.40. The second-order valence-electron chi connectivity index (χ2n) is 6.47. The second-order valence-corrected chi connectivity index (χ2v) is 6.47. The van der Waals surface area contributed by atoms with Gasteiger partial charge in [-0.25, -0.2) is 0 Å². The molecule has 0 bridgehead atoms. The van der Waals surface area contributed by atoms with E-state index in [1.54, 1.807) is 7.11 Å². The topological polar surface area (TPSA) is 28.3 Å². The molecule has 1 aromatic carbocycles. The van der Waals surface area contributed by atoms with Crippen LogP contribution in [0.25, 0.3) is 10.9 Å².